The van der Waals surface area contributed by atoms with Crippen LogP contribution in [0.5, 0.6) is 0 Å². The van der Waals surface area contributed by atoms with Crippen molar-refractivity contribution in [1.82, 2.24) is 20.3 Å². The van der Waals surface area contributed by atoms with Gasteiger partial charge >= 0.3 is 0 Å². The van der Waals surface area contributed by atoms with Crippen molar-refractivity contribution in [3.05, 3.63) is 11.9 Å². The maximum absolute atomic E-state index is 12.4. The van der Waals surface area contributed by atoms with E-state index in [2.05, 4.69) is 15.6 Å². The zero-order valence-corrected chi connectivity index (χ0v) is 14.0. The first-order chi connectivity index (χ1) is 11.1. The van der Waals surface area contributed by atoms with Gasteiger partial charge in [-0.25, -0.2) is 4.68 Å². The molecule has 3 saturated heterocycles. The molecule has 2 bridgehead atoms. The van der Waals surface area contributed by atoms with Gasteiger partial charge in [0.15, 0.2) is 0 Å². The Bertz CT molecular complexity index is 544. The summed E-state index contributed by atoms with van der Waals surface area (Å²) in [5.41, 5.74) is 0.840. The molecule has 3 N–H and O–H groups in total. The van der Waals surface area contributed by atoms with Crippen LogP contribution in [0.25, 0.3) is 0 Å². The Morgan fingerprint density at radius 1 is 1.57 bits per heavy atom. The number of carbonyl (C=O) groups excluding carboxylic acids is 1. The Morgan fingerprint density at radius 2 is 2.39 bits per heavy atom. The summed E-state index contributed by atoms with van der Waals surface area (Å²) in [4.78, 5) is 13.9. The predicted octanol–water partition coefficient (Wildman–Crippen LogP) is -1.37. The van der Waals surface area contributed by atoms with Crippen molar-refractivity contribution in [3.8, 4) is 0 Å². The average molecular weight is 322 g/mol. The maximum Gasteiger partial charge on any atom is 0.229 e. The van der Waals surface area contributed by atoms with E-state index in [0.29, 0.717) is 18.4 Å². The number of fused-ring (bicyclic) bond motifs is 3. The van der Waals surface area contributed by atoms with Gasteiger partial charge < -0.3 is 15.3 Å². The minimum Gasteiger partial charge on any atom is -0.396 e. The van der Waals surface area contributed by atoms with Crippen LogP contribution in [0, 0.1) is 11.8 Å². The van der Waals surface area contributed by atoms with Crippen LogP contribution in [-0.4, -0.2) is 57.8 Å². The number of aliphatic hydroxyl groups is 1. The Hall–Kier alpha value is -1.47. The van der Waals surface area contributed by atoms with Crippen molar-refractivity contribution in [2.75, 3.05) is 19.7 Å². The second-order valence-electron chi connectivity index (χ2n) is 7.27. The summed E-state index contributed by atoms with van der Waals surface area (Å²) in [6.45, 7) is 7.08. The molecule has 1 unspecified atom stereocenters. The predicted molar refractivity (Wildman–Crippen MR) is 84.8 cm³/mol. The number of quaternary nitrogens is 1. The minimum absolute atomic E-state index is 0.105. The Morgan fingerprint density at radius 3 is 3.04 bits per heavy atom. The molecular weight excluding hydrogens is 294 g/mol. The number of hydrogen-bond acceptors (Lipinski definition) is 4. The number of aliphatic hydroxyl groups excluding tert-OH is 1. The fourth-order valence-electron chi connectivity index (χ4n) is 4.09. The summed E-state index contributed by atoms with van der Waals surface area (Å²) in [6, 6.07) is 0.726. The fraction of sp³-hybridized carbons (Fsp3) is 0.812. The van der Waals surface area contributed by atoms with Crippen LogP contribution in [0.2, 0.25) is 0 Å². The molecule has 4 heterocycles. The van der Waals surface area contributed by atoms with Crippen molar-refractivity contribution in [1.29, 1.82) is 0 Å². The van der Waals surface area contributed by atoms with Crippen LogP contribution in [0.15, 0.2) is 6.20 Å². The van der Waals surface area contributed by atoms with Crippen LogP contribution in [0.3, 0.4) is 0 Å². The van der Waals surface area contributed by atoms with Crippen molar-refractivity contribution in [2.45, 2.75) is 51.7 Å². The van der Waals surface area contributed by atoms with Gasteiger partial charge in [0.25, 0.3) is 0 Å². The Kier molecular flexibility index (Phi) is 4.96. The molecule has 4 rings (SSSR count). The topological polar surface area (TPSA) is 84.5 Å². The summed E-state index contributed by atoms with van der Waals surface area (Å²) >= 11 is 0. The molecular formula is C16H28N5O2+. The fourth-order valence-corrected chi connectivity index (χ4v) is 4.09. The highest BCUT2D eigenvalue weighted by atomic mass is 16.3. The van der Waals surface area contributed by atoms with E-state index >= 15 is 0 Å². The summed E-state index contributed by atoms with van der Waals surface area (Å²) < 4.78 is 1.90. The molecule has 3 fully saturated rings. The normalized spacial score (nSPS) is 29.9. The lowest BCUT2D eigenvalue weighted by molar-refractivity contribution is -0.945. The van der Waals surface area contributed by atoms with Crippen LogP contribution >= 0.6 is 0 Å². The second-order valence-corrected chi connectivity index (χ2v) is 7.27. The SMILES string of the molecule is CC(C)NC(=O)[C@H]1C[NH+]2CC[C@H]1C[C@@H]2Cn1cc(CCO)nn1. The number of aromatic nitrogens is 3. The quantitative estimate of drug-likeness (QED) is 0.603. The highest BCUT2D eigenvalue weighted by molar-refractivity contribution is 5.79. The summed E-state index contributed by atoms with van der Waals surface area (Å²) in [5.74, 6) is 0.890. The Balaban J connectivity index is 1.59. The molecule has 1 amide bonds. The number of rotatable bonds is 6. The van der Waals surface area contributed by atoms with Gasteiger partial charge in [-0.2, -0.15) is 0 Å². The number of nitrogens with zero attached hydrogens (tertiary/aromatic N) is 3. The molecule has 23 heavy (non-hydrogen) atoms. The van der Waals surface area contributed by atoms with Gasteiger partial charge in [0.05, 0.1) is 31.2 Å². The van der Waals surface area contributed by atoms with E-state index < -0.39 is 0 Å². The number of hydrogen-bond donors (Lipinski definition) is 3. The van der Waals surface area contributed by atoms with Crippen LogP contribution in [-0.2, 0) is 17.8 Å². The largest absolute Gasteiger partial charge is 0.396 e. The van der Waals surface area contributed by atoms with Gasteiger partial charge in [-0.1, -0.05) is 5.21 Å². The number of piperidine rings is 3. The van der Waals surface area contributed by atoms with Crippen LogP contribution in [0.1, 0.15) is 32.4 Å². The molecule has 3 aliphatic heterocycles. The first-order valence-corrected chi connectivity index (χ1v) is 8.71. The van der Waals surface area contributed by atoms with Gasteiger partial charge in [-0.3, -0.25) is 4.79 Å². The van der Waals surface area contributed by atoms with Crippen LogP contribution < -0.4 is 10.2 Å². The van der Waals surface area contributed by atoms with E-state index in [0.717, 1.165) is 38.2 Å². The van der Waals surface area contributed by atoms with Gasteiger partial charge in [0.1, 0.15) is 6.04 Å². The molecule has 0 aromatic carbocycles. The molecule has 4 atom stereocenters. The van der Waals surface area contributed by atoms with Gasteiger partial charge in [0.2, 0.25) is 5.91 Å². The van der Waals surface area contributed by atoms with E-state index in [-0.39, 0.29) is 24.5 Å². The molecule has 1 aromatic rings. The third-order valence-electron chi connectivity index (χ3n) is 5.18. The lowest BCUT2D eigenvalue weighted by Gasteiger charge is -2.46. The van der Waals surface area contributed by atoms with E-state index in [9.17, 15) is 4.79 Å². The van der Waals surface area contributed by atoms with E-state index in [1.54, 1.807) is 0 Å². The van der Waals surface area contributed by atoms with E-state index in [4.69, 9.17) is 5.11 Å². The first-order valence-electron chi connectivity index (χ1n) is 8.71. The number of amides is 1. The molecule has 7 nitrogen and oxygen atoms in total. The number of carbonyl (C=O) groups is 1. The van der Waals surface area contributed by atoms with Crippen molar-refractivity contribution in [3.63, 3.8) is 0 Å². The summed E-state index contributed by atoms with van der Waals surface area (Å²) in [7, 11) is 0. The zero-order valence-electron chi connectivity index (χ0n) is 14.0. The van der Waals surface area contributed by atoms with Gasteiger partial charge in [0, 0.05) is 38.1 Å². The summed E-state index contributed by atoms with van der Waals surface area (Å²) in [5, 5.41) is 20.3. The molecule has 0 spiro atoms. The van der Waals surface area contributed by atoms with Crippen LogP contribution in [0.4, 0.5) is 0 Å². The monoisotopic (exact) mass is 322 g/mol. The van der Waals surface area contributed by atoms with Crippen molar-refractivity contribution < 1.29 is 14.8 Å². The minimum atomic E-state index is 0.105. The smallest absolute Gasteiger partial charge is 0.229 e. The maximum atomic E-state index is 12.4. The molecule has 7 heteroatoms. The van der Waals surface area contributed by atoms with Crippen molar-refractivity contribution >= 4 is 5.91 Å². The highest BCUT2D eigenvalue weighted by Crippen LogP contribution is 2.27. The molecule has 0 aliphatic carbocycles. The first kappa shape index (κ1) is 16.4. The molecule has 3 aliphatic rings. The molecule has 0 saturated carbocycles. The van der Waals surface area contributed by atoms with Crippen molar-refractivity contribution in [2.24, 2.45) is 11.8 Å². The van der Waals surface area contributed by atoms with E-state index in [1.807, 2.05) is 24.7 Å². The lowest BCUT2D eigenvalue weighted by Crippen LogP contribution is -3.20. The lowest BCUT2D eigenvalue weighted by atomic mass is 9.75. The molecule has 0 radical (unpaired) electrons. The summed E-state index contributed by atoms with van der Waals surface area (Å²) in [6.07, 6.45) is 4.72. The van der Waals surface area contributed by atoms with E-state index in [1.165, 1.54) is 4.90 Å². The zero-order chi connectivity index (χ0) is 16.4. The Labute approximate surface area is 137 Å². The molecule has 128 valence electrons. The highest BCUT2D eigenvalue weighted by Gasteiger charge is 2.46. The van der Waals surface area contributed by atoms with Gasteiger partial charge in [-0.05, 0) is 19.8 Å². The molecule has 1 aromatic heterocycles. The third kappa shape index (κ3) is 3.72. The third-order valence-corrected chi connectivity index (χ3v) is 5.18. The average Bonchev–Trinajstić information content (AvgIpc) is 2.95. The van der Waals surface area contributed by atoms with Gasteiger partial charge in [-0.15, -0.1) is 5.10 Å². The second kappa shape index (κ2) is 6.97. The standard InChI is InChI=1S/C16H27N5O2/c1-11(2)17-16(23)15-10-20-5-3-12(15)7-14(20)9-21-8-13(4-6-22)18-19-21/h8,11-12,14-15,22H,3-7,9-10H2,1-2H3,(H,17,23)/p+1/t12-,14+,15-/m0/s1. The number of nitrogens with one attached hydrogen (secondary N) is 2.